The first kappa shape index (κ1) is 15.3. The van der Waals surface area contributed by atoms with E-state index in [1.807, 2.05) is 0 Å². The summed E-state index contributed by atoms with van der Waals surface area (Å²) < 4.78 is 5.44. The van der Waals surface area contributed by atoms with Gasteiger partial charge in [0.2, 0.25) is 5.91 Å². The van der Waals surface area contributed by atoms with Gasteiger partial charge in [-0.25, -0.2) is 4.79 Å². The van der Waals surface area contributed by atoms with Crippen molar-refractivity contribution >= 4 is 11.9 Å². The molecule has 1 aliphatic carbocycles. The van der Waals surface area contributed by atoms with Crippen LogP contribution in [0, 0.1) is 0 Å². The van der Waals surface area contributed by atoms with Crippen molar-refractivity contribution in [1.82, 2.24) is 10.6 Å². The first-order chi connectivity index (χ1) is 10.2. The minimum Gasteiger partial charge on any atom is -0.491 e. The molecule has 0 saturated heterocycles. The zero-order chi connectivity index (χ0) is 15.1. The molecule has 0 unspecified atom stereocenters. The summed E-state index contributed by atoms with van der Waals surface area (Å²) in [7, 11) is 0. The van der Waals surface area contributed by atoms with E-state index in [0.29, 0.717) is 37.9 Å². The van der Waals surface area contributed by atoms with Gasteiger partial charge in [-0.05, 0) is 25.0 Å². The highest BCUT2D eigenvalue weighted by molar-refractivity contribution is 5.90. The Morgan fingerprint density at radius 1 is 1.24 bits per heavy atom. The lowest BCUT2D eigenvalue weighted by atomic mass is 10.2. The molecule has 3 N–H and O–H groups in total. The maximum Gasteiger partial charge on any atom is 0.339 e. The van der Waals surface area contributed by atoms with Gasteiger partial charge in [0.25, 0.3) is 0 Å². The quantitative estimate of drug-likeness (QED) is 0.592. The summed E-state index contributed by atoms with van der Waals surface area (Å²) in [5.41, 5.74) is 0.154. The van der Waals surface area contributed by atoms with Crippen molar-refractivity contribution in [1.29, 1.82) is 0 Å². The smallest absolute Gasteiger partial charge is 0.339 e. The molecular formula is C15H20N2O4. The third-order valence-corrected chi connectivity index (χ3v) is 3.13. The first-order valence-electron chi connectivity index (χ1n) is 7.12. The van der Waals surface area contributed by atoms with E-state index in [0.717, 1.165) is 12.8 Å². The second kappa shape index (κ2) is 7.64. The number of nitrogens with one attached hydrogen (secondary N) is 2. The van der Waals surface area contributed by atoms with Crippen molar-refractivity contribution in [3.8, 4) is 5.75 Å². The fraction of sp³-hybridized carbons (Fsp3) is 0.467. The van der Waals surface area contributed by atoms with Crippen LogP contribution in [0.4, 0.5) is 0 Å². The zero-order valence-electron chi connectivity index (χ0n) is 11.8. The number of benzene rings is 1. The summed E-state index contributed by atoms with van der Waals surface area (Å²) in [5.74, 6) is -0.573. The maximum atomic E-state index is 11.4. The Bertz CT molecular complexity index is 500. The molecule has 0 radical (unpaired) electrons. The van der Waals surface area contributed by atoms with Crippen LogP contribution in [0.5, 0.6) is 5.75 Å². The lowest BCUT2D eigenvalue weighted by Gasteiger charge is -2.09. The number of carboxylic acids is 1. The number of carboxylic acid groups (broad SMARTS) is 1. The molecule has 1 aliphatic rings. The Kier molecular flexibility index (Phi) is 5.57. The van der Waals surface area contributed by atoms with E-state index in [2.05, 4.69) is 10.6 Å². The van der Waals surface area contributed by atoms with Crippen LogP contribution >= 0.6 is 0 Å². The summed E-state index contributed by atoms with van der Waals surface area (Å²) in [6.07, 6.45) is 2.63. The fourth-order valence-electron chi connectivity index (χ4n) is 1.86. The third kappa shape index (κ3) is 5.43. The second-order valence-corrected chi connectivity index (χ2v) is 4.99. The molecular weight excluding hydrogens is 272 g/mol. The molecule has 1 fully saturated rings. The number of para-hydroxylation sites is 1. The van der Waals surface area contributed by atoms with E-state index >= 15 is 0 Å². The molecule has 114 valence electrons. The number of aromatic carboxylic acids is 1. The van der Waals surface area contributed by atoms with Crippen LogP contribution in [-0.4, -0.2) is 42.7 Å². The Labute approximate surface area is 123 Å². The number of amides is 1. The molecule has 1 amide bonds. The van der Waals surface area contributed by atoms with Crippen molar-refractivity contribution in [2.75, 3.05) is 19.7 Å². The van der Waals surface area contributed by atoms with E-state index in [9.17, 15) is 9.59 Å². The monoisotopic (exact) mass is 292 g/mol. The van der Waals surface area contributed by atoms with Gasteiger partial charge in [-0.2, -0.15) is 0 Å². The second-order valence-electron chi connectivity index (χ2n) is 4.99. The lowest BCUT2D eigenvalue weighted by Crippen LogP contribution is -2.30. The van der Waals surface area contributed by atoms with Crippen LogP contribution in [0.1, 0.15) is 29.6 Å². The molecule has 1 aromatic carbocycles. The maximum absolute atomic E-state index is 11.4. The van der Waals surface area contributed by atoms with Crippen LogP contribution in [-0.2, 0) is 4.79 Å². The minimum absolute atomic E-state index is 0.0714. The first-order valence-corrected chi connectivity index (χ1v) is 7.12. The largest absolute Gasteiger partial charge is 0.491 e. The number of ether oxygens (including phenoxy) is 1. The number of carbonyl (C=O) groups is 2. The van der Waals surface area contributed by atoms with Gasteiger partial charge < -0.3 is 20.5 Å². The van der Waals surface area contributed by atoms with E-state index in [4.69, 9.17) is 9.84 Å². The highest BCUT2D eigenvalue weighted by Gasteiger charge is 2.22. The highest BCUT2D eigenvalue weighted by Crippen LogP contribution is 2.18. The molecule has 0 bridgehead atoms. The SMILES string of the molecule is O=C(CCNCCOc1ccccc1C(=O)O)NC1CC1. The average molecular weight is 292 g/mol. The molecule has 0 heterocycles. The average Bonchev–Trinajstić information content (AvgIpc) is 3.26. The summed E-state index contributed by atoms with van der Waals surface area (Å²) in [4.78, 5) is 22.4. The van der Waals surface area contributed by atoms with Gasteiger partial charge in [0.15, 0.2) is 0 Å². The number of hydrogen-bond acceptors (Lipinski definition) is 4. The number of rotatable bonds is 9. The zero-order valence-corrected chi connectivity index (χ0v) is 11.8. The van der Waals surface area contributed by atoms with E-state index in [1.165, 1.54) is 6.07 Å². The number of carbonyl (C=O) groups excluding carboxylic acids is 1. The molecule has 21 heavy (non-hydrogen) atoms. The molecule has 6 heteroatoms. The Morgan fingerprint density at radius 3 is 2.71 bits per heavy atom. The summed E-state index contributed by atoms with van der Waals surface area (Å²) >= 11 is 0. The Hall–Kier alpha value is -2.08. The normalized spacial score (nSPS) is 13.7. The predicted molar refractivity (Wildman–Crippen MR) is 77.5 cm³/mol. The van der Waals surface area contributed by atoms with E-state index in [1.54, 1.807) is 18.2 Å². The van der Waals surface area contributed by atoms with Gasteiger partial charge in [-0.15, -0.1) is 0 Å². The summed E-state index contributed by atoms with van der Waals surface area (Å²) in [5, 5.41) is 15.0. The van der Waals surface area contributed by atoms with Crippen LogP contribution < -0.4 is 15.4 Å². The third-order valence-electron chi connectivity index (χ3n) is 3.13. The molecule has 6 nitrogen and oxygen atoms in total. The summed E-state index contributed by atoms with van der Waals surface area (Å²) in [6.45, 7) is 1.50. The van der Waals surface area contributed by atoms with Crippen molar-refractivity contribution in [3.63, 3.8) is 0 Å². The highest BCUT2D eigenvalue weighted by atomic mass is 16.5. The fourth-order valence-corrected chi connectivity index (χ4v) is 1.86. The molecule has 0 atom stereocenters. The van der Waals surface area contributed by atoms with Gasteiger partial charge in [-0.3, -0.25) is 4.79 Å². The standard InChI is InChI=1S/C15H20N2O4/c18-14(17-11-5-6-11)7-8-16-9-10-21-13-4-2-1-3-12(13)15(19)20/h1-4,11,16H,5-10H2,(H,17,18)(H,19,20). The van der Waals surface area contributed by atoms with Gasteiger partial charge in [0.1, 0.15) is 17.9 Å². The minimum atomic E-state index is -1.00. The van der Waals surface area contributed by atoms with E-state index < -0.39 is 5.97 Å². The van der Waals surface area contributed by atoms with Crippen LogP contribution in [0.25, 0.3) is 0 Å². The molecule has 2 rings (SSSR count). The topological polar surface area (TPSA) is 87.7 Å². The van der Waals surface area contributed by atoms with Crippen LogP contribution in [0.2, 0.25) is 0 Å². The van der Waals surface area contributed by atoms with Crippen LogP contribution in [0.3, 0.4) is 0 Å². The van der Waals surface area contributed by atoms with E-state index in [-0.39, 0.29) is 11.5 Å². The molecule has 0 aliphatic heterocycles. The Balaban J connectivity index is 1.59. The van der Waals surface area contributed by atoms with Crippen LogP contribution in [0.15, 0.2) is 24.3 Å². The lowest BCUT2D eigenvalue weighted by molar-refractivity contribution is -0.121. The number of hydrogen-bond donors (Lipinski definition) is 3. The van der Waals surface area contributed by atoms with Crippen molar-refractivity contribution in [3.05, 3.63) is 29.8 Å². The molecule has 0 spiro atoms. The summed E-state index contributed by atoms with van der Waals surface area (Å²) in [6, 6.07) is 6.93. The van der Waals surface area contributed by atoms with Gasteiger partial charge in [0, 0.05) is 25.6 Å². The van der Waals surface area contributed by atoms with Crippen molar-refractivity contribution < 1.29 is 19.4 Å². The molecule has 0 aromatic heterocycles. The van der Waals surface area contributed by atoms with Gasteiger partial charge in [-0.1, -0.05) is 12.1 Å². The molecule has 1 aromatic rings. The Morgan fingerprint density at radius 2 is 2.00 bits per heavy atom. The predicted octanol–water partition coefficient (Wildman–Crippen LogP) is 1.02. The van der Waals surface area contributed by atoms with Crippen molar-refractivity contribution in [2.45, 2.75) is 25.3 Å². The van der Waals surface area contributed by atoms with Gasteiger partial charge >= 0.3 is 5.97 Å². The van der Waals surface area contributed by atoms with Crippen molar-refractivity contribution in [2.24, 2.45) is 0 Å². The van der Waals surface area contributed by atoms with Gasteiger partial charge in [0.05, 0.1) is 0 Å². The molecule has 1 saturated carbocycles.